The third-order valence-electron chi connectivity index (χ3n) is 3.40. The lowest BCUT2D eigenvalue weighted by Crippen LogP contribution is -2.45. The molecule has 0 aliphatic carbocycles. The Bertz CT molecular complexity index is 852. The van der Waals surface area contributed by atoms with Gasteiger partial charge in [0.2, 0.25) is 15.9 Å². The van der Waals surface area contributed by atoms with Gasteiger partial charge in [-0.25, -0.2) is 8.42 Å². The van der Waals surface area contributed by atoms with Crippen molar-refractivity contribution in [2.45, 2.75) is 23.5 Å². The molecular weight excluding hydrogens is 357 g/mol. The molecule has 0 aliphatic rings. The minimum Gasteiger partial charge on any atom is -0.368 e. The average molecular weight is 372 g/mol. The van der Waals surface area contributed by atoms with Crippen LogP contribution in [0, 0.1) is 0 Å². The number of primary amides is 1. The number of nitrogens with one attached hydrogen (secondary N) is 1. The van der Waals surface area contributed by atoms with Gasteiger partial charge in [-0.05, 0) is 30.2 Å². The summed E-state index contributed by atoms with van der Waals surface area (Å²) in [6.45, 7) is 0. The number of rotatable bonds is 6. The molecule has 0 spiro atoms. The molecule has 2 rings (SSSR count). The Balaban J connectivity index is 2.27. The van der Waals surface area contributed by atoms with Crippen LogP contribution in [0.4, 0.5) is 13.2 Å². The van der Waals surface area contributed by atoms with E-state index in [1.165, 1.54) is 0 Å². The summed E-state index contributed by atoms with van der Waals surface area (Å²) in [6, 6.07) is 10.5. The predicted octanol–water partition coefficient (Wildman–Crippen LogP) is 2.08. The van der Waals surface area contributed by atoms with Crippen molar-refractivity contribution in [3.63, 3.8) is 0 Å². The van der Waals surface area contributed by atoms with Crippen LogP contribution in [-0.2, 0) is 27.4 Å². The first-order valence-electron chi connectivity index (χ1n) is 7.12. The fourth-order valence-corrected chi connectivity index (χ4v) is 3.40. The first kappa shape index (κ1) is 18.9. The molecule has 2 aromatic carbocycles. The van der Waals surface area contributed by atoms with E-state index in [0.717, 1.165) is 18.2 Å². The van der Waals surface area contributed by atoms with Crippen LogP contribution in [0.25, 0.3) is 0 Å². The number of alkyl halides is 3. The minimum absolute atomic E-state index is 0.0195. The van der Waals surface area contributed by atoms with Crippen LogP contribution in [0.3, 0.4) is 0 Å². The summed E-state index contributed by atoms with van der Waals surface area (Å²) in [5.41, 5.74) is 4.77. The Labute approximate surface area is 142 Å². The number of nitrogens with two attached hydrogens (primary N) is 1. The zero-order valence-electron chi connectivity index (χ0n) is 12.8. The smallest absolute Gasteiger partial charge is 0.368 e. The Morgan fingerprint density at radius 1 is 1.08 bits per heavy atom. The topological polar surface area (TPSA) is 89.3 Å². The van der Waals surface area contributed by atoms with E-state index in [4.69, 9.17) is 5.73 Å². The molecule has 0 aromatic heterocycles. The molecule has 0 aliphatic heterocycles. The van der Waals surface area contributed by atoms with E-state index in [-0.39, 0.29) is 6.42 Å². The number of halogens is 3. The molecule has 0 saturated heterocycles. The summed E-state index contributed by atoms with van der Waals surface area (Å²) in [6.07, 6.45) is -4.70. The summed E-state index contributed by atoms with van der Waals surface area (Å²) < 4.78 is 65.0. The van der Waals surface area contributed by atoms with Crippen molar-refractivity contribution >= 4 is 15.9 Å². The molecule has 1 atom stereocenters. The van der Waals surface area contributed by atoms with E-state index in [1.54, 1.807) is 30.3 Å². The van der Waals surface area contributed by atoms with Crippen LogP contribution in [0.5, 0.6) is 0 Å². The van der Waals surface area contributed by atoms with Gasteiger partial charge in [0.15, 0.2) is 0 Å². The molecule has 1 amide bonds. The summed E-state index contributed by atoms with van der Waals surface area (Å²) in [7, 11) is -4.36. The Hall–Kier alpha value is -2.39. The molecule has 5 nitrogen and oxygen atoms in total. The Morgan fingerprint density at radius 3 is 2.28 bits per heavy atom. The van der Waals surface area contributed by atoms with Crippen molar-refractivity contribution < 1.29 is 26.4 Å². The van der Waals surface area contributed by atoms with Gasteiger partial charge in [0.05, 0.1) is 10.5 Å². The number of hydrogen-bond donors (Lipinski definition) is 2. The van der Waals surface area contributed by atoms with E-state index >= 15 is 0 Å². The molecule has 2 aromatic rings. The maximum absolute atomic E-state index is 12.7. The Morgan fingerprint density at radius 2 is 1.72 bits per heavy atom. The highest BCUT2D eigenvalue weighted by Gasteiger charge is 2.32. The van der Waals surface area contributed by atoms with E-state index in [2.05, 4.69) is 4.72 Å². The molecule has 0 fully saturated rings. The zero-order chi connectivity index (χ0) is 18.7. The second-order valence-corrected chi connectivity index (χ2v) is 7.01. The van der Waals surface area contributed by atoms with Crippen molar-refractivity contribution in [1.82, 2.24) is 4.72 Å². The second kappa shape index (κ2) is 7.24. The third kappa shape index (κ3) is 5.04. The summed E-state index contributed by atoms with van der Waals surface area (Å²) in [5, 5.41) is 0. The largest absolute Gasteiger partial charge is 0.416 e. The number of benzene rings is 2. The van der Waals surface area contributed by atoms with Gasteiger partial charge in [0.25, 0.3) is 0 Å². The van der Waals surface area contributed by atoms with Crippen LogP contribution in [0.2, 0.25) is 0 Å². The van der Waals surface area contributed by atoms with Crippen LogP contribution >= 0.6 is 0 Å². The molecule has 3 N–H and O–H groups in total. The standard InChI is InChI=1S/C16H15F3N2O3S/c17-16(18,19)12-7-4-8-13(10-12)25(23,24)21-14(15(20)22)9-11-5-2-1-3-6-11/h1-8,10,14,21H,9H2,(H2,20,22). The van der Waals surface area contributed by atoms with Gasteiger partial charge in [-0.1, -0.05) is 36.4 Å². The van der Waals surface area contributed by atoms with E-state index in [9.17, 15) is 26.4 Å². The lowest BCUT2D eigenvalue weighted by atomic mass is 10.1. The lowest BCUT2D eigenvalue weighted by Gasteiger charge is -2.16. The predicted molar refractivity (Wildman–Crippen MR) is 84.9 cm³/mol. The molecule has 134 valence electrons. The monoisotopic (exact) mass is 372 g/mol. The highest BCUT2D eigenvalue weighted by Crippen LogP contribution is 2.30. The third-order valence-corrected chi connectivity index (χ3v) is 4.86. The summed E-state index contributed by atoms with van der Waals surface area (Å²) in [5.74, 6) is -0.931. The van der Waals surface area contributed by atoms with Crippen LogP contribution in [-0.4, -0.2) is 20.4 Å². The van der Waals surface area contributed by atoms with Crippen LogP contribution in [0.1, 0.15) is 11.1 Å². The van der Waals surface area contributed by atoms with E-state index in [0.29, 0.717) is 11.6 Å². The minimum atomic E-state index is -4.68. The van der Waals surface area contributed by atoms with Crippen molar-refractivity contribution in [2.24, 2.45) is 5.73 Å². The van der Waals surface area contributed by atoms with Gasteiger partial charge in [0, 0.05) is 0 Å². The van der Waals surface area contributed by atoms with Gasteiger partial charge in [0.1, 0.15) is 6.04 Å². The van der Waals surface area contributed by atoms with Crippen molar-refractivity contribution in [1.29, 1.82) is 0 Å². The molecule has 1 unspecified atom stereocenters. The zero-order valence-corrected chi connectivity index (χ0v) is 13.6. The normalized spacial score (nSPS) is 13.4. The van der Waals surface area contributed by atoms with Crippen LogP contribution in [0.15, 0.2) is 59.5 Å². The molecule has 0 saturated carbocycles. The SMILES string of the molecule is NC(=O)C(Cc1ccccc1)NS(=O)(=O)c1cccc(C(F)(F)F)c1. The molecule has 0 heterocycles. The fraction of sp³-hybridized carbons (Fsp3) is 0.188. The van der Waals surface area contributed by atoms with Gasteiger partial charge in [-0.2, -0.15) is 17.9 Å². The first-order chi connectivity index (χ1) is 11.6. The Kier molecular flexibility index (Phi) is 5.48. The molecule has 0 radical (unpaired) electrons. The molecule has 0 bridgehead atoms. The fourth-order valence-electron chi connectivity index (χ4n) is 2.15. The highest BCUT2D eigenvalue weighted by molar-refractivity contribution is 7.89. The number of carbonyl (C=O) groups is 1. The highest BCUT2D eigenvalue weighted by atomic mass is 32.2. The van der Waals surface area contributed by atoms with Crippen molar-refractivity contribution in [3.8, 4) is 0 Å². The molecule has 25 heavy (non-hydrogen) atoms. The quantitative estimate of drug-likeness (QED) is 0.814. The maximum atomic E-state index is 12.7. The average Bonchev–Trinajstić information content (AvgIpc) is 2.54. The van der Waals surface area contributed by atoms with Crippen molar-refractivity contribution in [3.05, 3.63) is 65.7 Å². The van der Waals surface area contributed by atoms with Gasteiger partial charge in [-0.15, -0.1) is 0 Å². The van der Waals surface area contributed by atoms with Crippen molar-refractivity contribution in [2.75, 3.05) is 0 Å². The van der Waals surface area contributed by atoms with Gasteiger partial charge >= 0.3 is 6.18 Å². The lowest BCUT2D eigenvalue weighted by molar-refractivity contribution is -0.137. The number of sulfonamides is 1. The number of carbonyl (C=O) groups excluding carboxylic acids is 1. The number of hydrogen-bond acceptors (Lipinski definition) is 3. The maximum Gasteiger partial charge on any atom is 0.416 e. The van der Waals surface area contributed by atoms with E-state index < -0.39 is 38.6 Å². The van der Waals surface area contributed by atoms with E-state index in [1.807, 2.05) is 0 Å². The summed E-state index contributed by atoms with van der Waals surface area (Å²) >= 11 is 0. The van der Waals surface area contributed by atoms with Gasteiger partial charge in [-0.3, -0.25) is 4.79 Å². The summed E-state index contributed by atoms with van der Waals surface area (Å²) in [4.78, 5) is 11.0. The second-order valence-electron chi connectivity index (χ2n) is 5.29. The van der Waals surface area contributed by atoms with Crippen LogP contribution < -0.4 is 10.5 Å². The molecular formula is C16H15F3N2O3S. The van der Waals surface area contributed by atoms with Gasteiger partial charge < -0.3 is 5.73 Å². The molecule has 9 heteroatoms. The number of amides is 1. The first-order valence-corrected chi connectivity index (χ1v) is 8.61.